The Morgan fingerprint density at radius 2 is 2.10 bits per heavy atom. The minimum Gasteiger partial charge on any atom is -0.497 e. The molecule has 0 spiro atoms. The van der Waals surface area contributed by atoms with Crippen molar-refractivity contribution >= 4 is 23.2 Å². The lowest BCUT2D eigenvalue weighted by Crippen LogP contribution is -2.37. The smallest absolute Gasteiger partial charge is 0.317 e. The zero-order chi connectivity index (χ0) is 15.3. The van der Waals surface area contributed by atoms with E-state index in [1.807, 2.05) is 0 Å². The van der Waals surface area contributed by atoms with Crippen molar-refractivity contribution in [3.05, 3.63) is 23.8 Å². The molecule has 3 N–H and O–H groups in total. The maximum Gasteiger partial charge on any atom is 0.317 e. The van der Waals surface area contributed by atoms with Gasteiger partial charge in [0.05, 0.1) is 31.8 Å². The summed E-state index contributed by atoms with van der Waals surface area (Å²) in [5.41, 5.74) is 6.43. The first kappa shape index (κ1) is 16.2. The van der Waals surface area contributed by atoms with Gasteiger partial charge in [-0.1, -0.05) is 12.2 Å². The second-order valence-corrected chi connectivity index (χ2v) is 4.69. The Morgan fingerprint density at radius 3 is 2.55 bits per heavy atom. The predicted octanol–water partition coefficient (Wildman–Crippen LogP) is 1.05. The van der Waals surface area contributed by atoms with Crippen LogP contribution in [0.3, 0.4) is 0 Å². The van der Waals surface area contributed by atoms with E-state index < -0.39 is 12.0 Å². The standard InChI is InChI=1S/C13H18N2O4S/c1-15(7-11(16)17)12(13(14)20)9-6-8(18-2)4-5-10(9)19-3/h4-6,12H,7H2,1-3H3,(H2,14,20)(H,16,17). The van der Waals surface area contributed by atoms with Gasteiger partial charge in [0, 0.05) is 5.56 Å². The Hall–Kier alpha value is -1.86. The Morgan fingerprint density at radius 1 is 1.45 bits per heavy atom. The molecule has 20 heavy (non-hydrogen) atoms. The first-order valence-electron chi connectivity index (χ1n) is 5.84. The summed E-state index contributed by atoms with van der Waals surface area (Å²) in [5.74, 6) is 0.224. The largest absolute Gasteiger partial charge is 0.497 e. The summed E-state index contributed by atoms with van der Waals surface area (Å²) in [5, 5.41) is 8.91. The van der Waals surface area contributed by atoms with Crippen LogP contribution >= 0.6 is 12.2 Å². The van der Waals surface area contributed by atoms with Crippen LogP contribution in [0, 0.1) is 0 Å². The van der Waals surface area contributed by atoms with Gasteiger partial charge in [0.1, 0.15) is 11.5 Å². The summed E-state index contributed by atoms with van der Waals surface area (Å²) in [6.07, 6.45) is 0. The minimum absolute atomic E-state index is 0.167. The molecule has 1 atom stereocenters. The molecule has 0 saturated heterocycles. The molecule has 0 amide bonds. The first-order valence-corrected chi connectivity index (χ1v) is 6.24. The van der Waals surface area contributed by atoms with Crippen molar-refractivity contribution in [2.75, 3.05) is 27.8 Å². The molecular formula is C13H18N2O4S. The van der Waals surface area contributed by atoms with Gasteiger partial charge in [-0.2, -0.15) is 0 Å². The monoisotopic (exact) mass is 298 g/mol. The molecule has 0 aliphatic heterocycles. The fourth-order valence-electron chi connectivity index (χ4n) is 1.97. The van der Waals surface area contributed by atoms with Crippen LogP contribution in [-0.2, 0) is 4.79 Å². The van der Waals surface area contributed by atoms with Crippen LogP contribution in [0.1, 0.15) is 11.6 Å². The third-order valence-electron chi connectivity index (χ3n) is 2.83. The van der Waals surface area contributed by atoms with Crippen molar-refractivity contribution in [3.8, 4) is 11.5 Å². The average Bonchev–Trinajstić information content (AvgIpc) is 2.37. The van der Waals surface area contributed by atoms with E-state index in [0.29, 0.717) is 17.1 Å². The van der Waals surface area contributed by atoms with Gasteiger partial charge in [0.2, 0.25) is 0 Å². The van der Waals surface area contributed by atoms with Gasteiger partial charge in [0.25, 0.3) is 0 Å². The summed E-state index contributed by atoms with van der Waals surface area (Å²) in [6, 6.07) is 4.66. The third kappa shape index (κ3) is 3.82. The van der Waals surface area contributed by atoms with Gasteiger partial charge in [-0.25, -0.2) is 0 Å². The highest BCUT2D eigenvalue weighted by Crippen LogP contribution is 2.32. The molecule has 0 saturated carbocycles. The van der Waals surface area contributed by atoms with E-state index >= 15 is 0 Å². The second kappa shape index (κ2) is 7.06. The molecule has 0 bridgehead atoms. The molecule has 7 heteroatoms. The number of carboxylic acid groups (broad SMARTS) is 1. The summed E-state index contributed by atoms with van der Waals surface area (Å²) >= 11 is 5.06. The lowest BCUT2D eigenvalue weighted by Gasteiger charge is -2.27. The lowest BCUT2D eigenvalue weighted by molar-refractivity contribution is -0.138. The Kier molecular flexibility index (Phi) is 5.72. The number of methoxy groups -OCH3 is 2. The average molecular weight is 298 g/mol. The molecular weight excluding hydrogens is 280 g/mol. The van der Waals surface area contributed by atoms with Crippen LogP contribution in [0.15, 0.2) is 18.2 Å². The molecule has 1 aromatic rings. The van der Waals surface area contributed by atoms with Crippen LogP contribution in [0.5, 0.6) is 11.5 Å². The van der Waals surface area contributed by atoms with E-state index in [4.69, 9.17) is 32.5 Å². The number of rotatable bonds is 7. The fourth-order valence-corrected chi connectivity index (χ4v) is 2.27. The van der Waals surface area contributed by atoms with Gasteiger partial charge in [-0.05, 0) is 25.2 Å². The second-order valence-electron chi connectivity index (χ2n) is 4.22. The van der Waals surface area contributed by atoms with Crippen molar-refractivity contribution in [2.24, 2.45) is 5.73 Å². The number of ether oxygens (including phenoxy) is 2. The third-order valence-corrected chi connectivity index (χ3v) is 3.05. The highest BCUT2D eigenvalue weighted by Gasteiger charge is 2.25. The van der Waals surface area contributed by atoms with Crippen LogP contribution in [0.25, 0.3) is 0 Å². The topological polar surface area (TPSA) is 85.0 Å². The SMILES string of the molecule is COc1ccc(OC)c(C(C(N)=S)N(C)CC(=O)O)c1. The van der Waals surface area contributed by atoms with Gasteiger partial charge >= 0.3 is 5.97 Å². The lowest BCUT2D eigenvalue weighted by atomic mass is 10.0. The number of thiocarbonyl (C=S) groups is 1. The summed E-state index contributed by atoms with van der Waals surface area (Å²) in [4.78, 5) is 12.6. The fraction of sp³-hybridized carbons (Fsp3) is 0.385. The van der Waals surface area contributed by atoms with Crippen molar-refractivity contribution < 1.29 is 19.4 Å². The molecule has 0 heterocycles. The van der Waals surface area contributed by atoms with Crippen molar-refractivity contribution in [1.82, 2.24) is 4.90 Å². The van der Waals surface area contributed by atoms with E-state index in [2.05, 4.69) is 0 Å². The molecule has 0 fully saturated rings. The van der Waals surface area contributed by atoms with Crippen molar-refractivity contribution in [2.45, 2.75) is 6.04 Å². The van der Waals surface area contributed by atoms with Crippen LogP contribution in [-0.4, -0.2) is 48.8 Å². The van der Waals surface area contributed by atoms with Crippen LogP contribution in [0.4, 0.5) is 0 Å². The predicted molar refractivity (Wildman–Crippen MR) is 79.3 cm³/mol. The van der Waals surface area contributed by atoms with Crippen LogP contribution < -0.4 is 15.2 Å². The number of benzene rings is 1. The quantitative estimate of drug-likeness (QED) is 0.728. The maximum absolute atomic E-state index is 10.9. The summed E-state index contributed by atoms with van der Waals surface area (Å²) in [7, 11) is 4.71. The first-order chi connectivity index (χ1) is 9.40. The highest BCUT2D eigenvalue weighted by atomic mass is 32.1. The Bertz CT molecular complexity index is 507. The van der Waals surface area contributed by atoms with E-state index in [1.165, 1.54) is 7.11 Å². The molecule has 1 rings (SSSR count). The van der Waals surface area contributed by atoms with Gasteiger partial charge < -0.3 is 20.3 Å². The number of nitrogens with two attached hydrogens (primary N) is 1. The molecule has 6 nitrogen and oxygen atoms in total. The molecule has 1 unspecified atom stereocenters. The van der Waals surface area contributed by atoms with Crippen molar-refractivity contribution in [1.29, 1.82) is 0 Å². The molecule has 1 aromatic carbocycles. The summed E-state index contributed by atoms with van der Waals surface area (Å²) < 4.78 is 10.5. The number of hydrogen-bond acceptors (Lipinski definition) is 5. The minimum atomic E-state index is -0.962. The van der Waals surface area contributed by atoms with Gasteiger partial charge in [-0.15, -0.1) is 0 Å². The number of carbonyl (C=O) groups is 1. The molecule has 110 valence electrons. The normalized spacial score (nSPS) is 12.0. The molecule has 0 aliphatic carbocycles. The highest BCUT2D eigenvalue weighted by molar-refractivity contribution is 7.80. The zero-order valence-corrected chi connectivity index (χ0v) is 12.4. The molecule has 0 aliphatic rings. The Balaban J connectivity index is 3.26. The van der Waals surface area contributed by atoms with Gasteiger partial charge in [-0.3, -0.25) is 9.69 Å². The Labute approximate surface area is 123 Å². The zero-order valence-electron chi connectivity index (χ0n) is 11.6. The number of nitrogens with zero attached hydrogens (tertiary/aromatic N) is 1. The summed E-state index contributed by atoms with van der Waals surface area (Å²) in [6.45, 7) is -0.192. The van der Waals surface area contributed by atoms with E-state index in [-0.39, 0.29) is 11.5 Å². The number of hydrogen-bond donors (Lipinski definition) is 2. The maximum atomic E-state index is 10.9. The van der Waals surface area contributed by atoms with E-state index in [0.717, 1.165) is 0 Å². The van der Waals surface area contributed by atoms with Crippen molar-refractivity contribution in [3.63, 3.8) is 0 Å². The number of carboxylic acids is 1. The number of aliphatic carboxylic acids is 1. The van der Waals surface area contributed by atoms with Gasteiger partial charge in [0.15, 0.2) is 0 Å². The molecule has 0 aromatic heterocycles. The molecule has 0 radical (unpaired) electrons. The van der Waals surface area contributed by atoms with Crippen LogP contribution in [0.2, 0.25) is 0 Å². The number of likely N-dealkylation sites (N-methyl/N-ethyl adjacent to an activating group) is 1. The van der Waals surface area contributed by atoms with E-state index in [1.54, 1.807) is 37.3 Å². The van der Waals surface area contributed by atoms with E-state index in [9.17, 15) is 4.79 Å².